The van der Waals surface area contributed by atoms with E-state index in [1.165, 1.54) is 6.42 Å². The van der Waals surface area contributed by atoms with Crippen molar-refractivity contribution in [3.05, 3.63) is 34.9 Å². The van der Waals surface area contributed by atoms with E-state index in [2.05, 4.69) is 19.2 Å². The monoisotopic (exact) mass is 390 g/mol. The molecule has 27 heavy (non-hydrogen) atoms. The van der Waals surface area contributed by atoms with Crippen molar-refractivity contribution in [2.75, 3.05) is 6.54 Å². The van der Waals surface area contributed by atoms with E-state index in [0.717, 1.165) is 24.8 Å². The molecule has 3 rings (SSSR count). The molecule has 1 aromatic rings. The van der Waals surface area contributed by atoms with Crippen molar-refractivity contribution in [3.63, 3.8) is 0 Å². The van der Waals surface area contributed by atoms with Crippen LogP contribution in [0.5, 0.6) is 0 Å². The van der Waals surface area contributed by atoms with Crippen molar-refractivity contribution < 1.29 is 9.59 Å². The van der Waals surface area contributed by atoms with Crippen LogP contribution in [0.25, 0.3) is 0 Å². The summed E-state index contributed by atoms with van der Waals surface area (Å²) in [4.78, 5) is 27.5. The maximum absolute atomic E-state index is 13.2. The number of rotatable bonds is 5. The first-order chi connectivity index (χ1) is 12.8. The molecule has 2 amide bonds. The molecule has 1 N–H and O–H groups in total. The number of hydrogen-bond acceptors (Lipinski definition) is 2. The van der Waals surface area contributed by atoms with Crippen molar-refractivity contribution >= 4 is 23.4 Å². The number of hydrogen-bond donors (Lipinski definition) is 1. The fourth-order valence-electron chi connectivity index (χ4n) is 4.50. The largest absolute Gasteiger partial charge is 0.351 e. The molecule has 0 radical (unpaired) electrons. The minimum absolute atomic E-state index is 0.00964. The van der Waals surface area contributed by atoms with Crippen LogP contribution in [0.2, 0.25) is 5.02 Å². The van der Waals surface area contributed by atoms with E-state index in [1.807, 2.05) is 31.2 Å². The molecular weight excluding hydrogens is 360 g/mol. The molecule has 148 valence electrons. The highest BCUT2D eigenvalue weighted by molar-refractivity contribution is 6.30. The first-order valence-corrected chi connectivity index (χ1v) is 10.5. The topological polar surface area (TPSA) is 49.4 Å². The van der Waals surface area contributed by atoms with Gasteiger partial charge in [0.2, 0.25) is 11.8 Å². The molecule has 1 aliphatic carbocycles. The minimum Gasteiger partial charge on any atom is -0.351 e. The van der Waals surface area contributed by atoms with Crippen molar-refractivity contribution in [2.45, 2.75) is 70.9 Å². The lowest BCUT2D eigenvalue weighted by Crippen LogP contribution is -2.58. The minimum atomic E-state index is -0.746. The van der Waals surface area contributed by atoms with Crippen LogP contribution >= 0.6 is 11.6 Å². The number of nitrogens with zero attached hydrogens (tertiary/aromatic N) is 1. The predicted octanol–water partition coefficient (Wildman–Crippen LogP) is 4.20. The maximum Gasteiger partial charge on any atom is 0.245 e. The quantitative estimate of drug-likeness (QED) is 0.818. The average molecular weight is 391 g/mol. The van der Waals surface area contributed by atoms with Gasteiger partial charge in [-0.3, -0.25) is 9.59 Å². The van der Waals surface area contributed by atoms with Crippen molar-refractivity contribution in [2.24, 2.45) is 11.8 Å². The number of nitrogens with one attached hydrogen (secondary N) is 1. The number of amides is 2. The molecule has 1 saturated heterocycles. The highest BCUT2D eigenvalue weighted by Crippen LogP contribution is 2.33. The van der Waals surface area contributed by atoms with E-state index >= 15 is 0 Å². The predicted molar refractivity (Wildman–Crippen MR) is 109 cm³/mol. The van der Waals surface area contributed by atoms with E-state index < -0.39 is 5.54 Å². The number of carbonyl (C=O) groups is 2. The van der Waals surface area contributed by atoms with Crippen molar-refractivity contribution in [1.29, 1.82) is 0 Å². The smallest absolute Gasteiger partial charge is 0.245 e. The van der Waals surface area contributed by atoms with Gasteiger partial charge in [0.25, 0.3) is 0 Å². The number of benzene rings is 1. The molecule has 2 aliphatic rings. The molecule has 1 saturated carbocycles. The first-order valence-electron chi connectivity index (χ1n) is 10.2. The van der Waals surface area contributed by atoms with Crippen LogP contribution in [0.3, 0.4) is 0 Å². The summed E-state index contributed by atoms with van der Waals surface area (Å²) < 4.78 is 0. The van der Waals surface area contributed by atoms with Gasteiger partial charge in [-0.1, -0.05) is 50.4 Å². The zero-order valence-electron chi connectivity index (χ0n) is 16.6. The van der Waals surface area contributed by atoms with Gasteiger partial charge in [-0.25, -0.2) is 0 Å². The molecule has 0 aromatic heterocycles. The van der Waals surface area contributed by atoms with Gasteiger partial charge in [-0.15, -0.1) is 0 Å². The Kier molecular flexibility index (Phi) is 6.15. The third-order valence-electron chi connectivity index (χ3n) is 6.77. The van der Waals surface area contributed by atoms with Gasteiger partial charge < -0.3 is 10.2 Å². The molecule has 1 aliphatic heterocycles. The third kappa shape index (κ3) is 4.31. The van der Waals surface area contributed by atoms with Gasteiger partial charge in [0, 0.05) is 24.0 Å². The zero-order valence-corrected chi connectivity index (χ0v) is 17.4. The van der Waals surface area contributed by atoms with Gasteiger partial charge in [-0.2, -0.15) is 0 Å². The SMILES string of the molecule is C[C@H]1[C@H](C)CCC[C@@H]1NC(=O)[C@@]1(C)CCC(=O)N1CCc1ccc(Cl)cc1. The van der Waals surface area contributed by atoms with E-state index in [4.69, 9.17) is 11.6 Å². The molecule has 4 atom stereocenters. The van der Waals surface area contributed by atoms with Crippen LogP contribution in [-0.4, -0.2) is 34.8 Å². The van der Waals surface area contributed by atoms with Gasteiger partial charge in [0.05, 0.1) is 0 Å². The lowest BCUT2D eigenvalue weighted by atomic mass is 9.77. The first kappa shape index (κ1) is 20.2. The number of likely N-dealkylation sites (tertiary alicyclic amines) is 1. The van der Waals surface area contributed by atoms with Crippen LogP contribution in [0.4, 0.5) is 0 Å². The molecule has 0 unspecified atom stereocenters. The molecule has 4 nitrogen and oxygen atoms in total. The zero-order chi connectivity index (χ0) is 19.6. The molecule has 1 heterocycles. The van der Waals surface area contributed by atoms with E-state index in [-0.39, 0.29) is 17.9 Å². The van der Waals surface area contributed by atoms with Crippen LogP contribution in [-0.2, 0) is 16.0 Å². The molecule has 2 fully saturated rings. The Labute approximate surface area is 167 Å². The highest BCUT2D eigenvalue weighted by Gasteiger charge is 2.47. The van der Waals surface area contributed by atoms with E-state index in [0.29, 0.717) is 36.2 Å². The van der Waals surface area contributed by atoms with Gasteiger partial charge >= 0.3 is 0 Å². The molecule has 0 spiro atoms. The van der Waals surface area contributed by atoms with Crippen molar-refractivity contribution in [3.8, 4) is 0 Å². The van der Waals surface area contributed by atoms with E-state index in [1.54, 1.807) is 4.90 Å². The van der Waals surface area contributed by atoms with Crippen LogP contribution in [0.1, 0.15) is 58.4 Å². The lowest BCUT2D eigenvalue weighted by Gasteiger charge is -2.39. The molecule has 1 aromatic carbocycles. The summed E-state index contributed by atoms with van der Waals surface area (Å²) in [5.41, 5.74) is 0.376. The summed E-state index contributed by atoms with van der Waals surface area (Å²) in [6, 6.07) is 7.89. The van der Waals surface area contributed by atoms with E-state index in [9.17, 15) is 9.59 Å². The highest BCUT2D eigenvalue weighted by atomic mass is 35.5. The molecule has 0 bridgehead atoms. The normalized spacial score (nSPS) is 31.2. The lowest BCUT2D eigenvalue weighted by molar-refractivity contribution is -0.141. The Hall–Kier alpha value is -1.55. The third-order valence-corrected chi connectivity index (χ3v) is 7.02. The number of halogens is 1. The van der Waals surface area contributed by atoms with Crippen LogP contribution in [0, 0.1) is 11.8 Å². The summed E-state index contributed by atoms with van der Waals surface area (Å²) in [7, 11) is 0. The molecular formula is C22H31ClN2O2. The van der Waals surface area contributed by atoms with Crippen LogP contribution in [0.15, 0.2) is 24.3 Å². The summed E-state index contributed by atoms with van der Waals surface area (Å²) >= 11 is 5.95. The van der Waals surface area contributed by atoms with Crippen LogP contribution < -0.4 is 5.32 Å². The summed E-state index contributed by atoms with van der Waals surface area (Å²) in [6.07, 6.45) is 5.19. The summed E-state index contributed by atoms with van der Waals surface area (Å²) in [5.74, 6) is 1.19. The van der Waals surface area contributed by atoms with Gasteiger partial charge in [0.1, 0.15) is 5.54 Å². The van der Waals surface area contributed by atoms with Crippen molar-refractivity contribution in [1.82, 2.24) is 10.2 Å². The molecule has 5 heteroatoms. The second-order valence-electron chi connectivity index (χ2n) is 8.54. The Morgan fingerprint density at radius 2 is 1.96 bits per heavy atom. The Morgan fingerprint density at radius 3 is 2.67 bits per heavy atom. The van der Waals surface area contributed by atoms with Gasteiger partial charge in [0.15, 0.2) is 0 Å². The Bertz CT molecular complexity index is 690. The average Bonchev–Trinajstić information content (AvgIpc) is 2.94. The second kappa shape index (κ2) is 8.22. The number of carbonyl (C=O) groups excluding carboxylic acids is 2. The fourth-order valence-corrected chi connectivity index (χ4v) is 4.63. The second-order valence-corrected chi connectivity index (χ2v) is 8.98. The fraction of sp³-hybridized carbons (Fsp3) is 0.636. The Balaban J connectivity index is 1.67. The maximum atomic E-state index is 13.2. The van der Waals surface area contributed by atoms with Gasteiger partial charge in [-0.05, 0) is 55.7 Å². The summed E-state index contributed by atoms with van der Waals surface area (Å²) in [5, 5.41) is 3.99. The Morgan fingerprint density at radius 1 is 1.26 bits per heavy atom. The standard InChI is InChI=1S/C22H31ClN2O2/c1-15-5-4-6-19(16(15)2)24-21(27)22(3)13-11-20(26)25(22)14-12-17-7-9-18(23)10-8-17/h7-10,15-16,19H,4-6,11-14H2,1-3H3,(H,24,27)/t15-,16+,19+,22-/m1/s1. The summed E-state index contributed by atoms with van der Waals surface area (Å²) in [6.45, 7) is 6.98.